The molecule has 2 aromatic carbocycles. The highest BCUT2D eigenvalue weighted by Gasteiger charge is 2.13. The fraction of sp³-hybridized carbons (Fsp3) is 0.333. The van der Waals surface area contributed by atoms with E-state index in [1.165, 1.54) is 22.3 Å². The molecule has 106 valence electrons. The largest absolute Gasteiger partial charge is 0.384 e. The van der Waals surface area contributed by atoms with E-state index in [1.807, 2.05) is 0 Å². The molecule has 1 nitrogen and oxygen atoms in total. The van der Waals surface area contributed by atoms with Gasteiger partial charge in [-0.3, -0.25) is 0 Å². The van der Waals surface area contributed by atoms with E-state index in [-0.39, 0.29) is 5.38 Å². The monoisotopic (exact) mass is 288 g/mol. The Morgan fingerprint density at radius 2 is 1.75 bits per heavy atom. The third-order valence-corrected chi connectivity index (χ3v) is 4.06. The summed E-state index contributed by atoms with van der Waals surface area (Å²) in [6.45, 7) is 4.96. The van der Waals surface area contributed by atoms with E-state index in [0.29, 0.717) is 0 Å². The topological polar surface area (TPSA) is 9.23 Å². The summed E-state index contributed by atoms with van der Waals surface area (Å²) < 4.78 is 5.10. The highest BCUT2D eigenvalue weighted by Crippen LogP contribution is 2.31. The number of alkyl halides is 1. The van der Waals surface area contributed by atoms with Gasteiger partial charge in [0.05, 0.1) is 12.0 Å². The molecule has 0 bridgehead atoms. The summed E-state index contributed by atoms with van der Waals surface area (Å²) in [4.78, 5) is 0. The van der Waals surface area contributed by atoms with Crippen LogP contribution >= 0.6 is 11.6 Å². The minimum atomic E-state index is -0.0913. The quantitative estimate of drug-likeness (QED) is 0.717. The van der Waals surface area contributed by atoms with Gasteiger partial charge >= 0.3 is 0 Å². The molecular formula is C18H21ClO. The Labute approximate surface area is 126 Å². The molecular weight excluding hydrogens is 268 g/mol. The third kappa shape index (κ3) is 3.62. The van der Waals surface area contributed by atoms with Crippen molar-refractivity contribution in [2.24, 2.45) is 0 Å². The Hall–Kier alpha value is -1.31. The van der Waals surface area contributed by atoms with Crippen molar-refractivity contribution in [3.8, 4) is 0 Å². The molecule has 0 aliphatic heterocycles. The number of hydrogen-bond acceptors (Lipinski definition) is 1. The van der Waals surface area contributed by atoms with Crippen LogP contribution in [0.15, 0.2) is 42.5 Å². The van der Waals surface area contributed by atoms with Gasteiger partial charge < -0.3 is 4.74 Å². The van der Waals surface area contributed by atoms with Crippen LogP contribution in [0.4, 0.5) is 0 Å². The van der Waals surface area contributed by atoms with Crippen LogP contribution in [-0.2, 0) is 11.2 Å². The second-order valence-electron chi connectivity index (χ2n) is 5.21. The summed E-state index contributed by atoms with van der Waals surface area (Å²) in [5, 5.41) is -0.0913. The summed E-state index contributed by atoms with van der Waals surface area (Å²) in [5.74, 6) is 0. The van der Waals surface area contributed by atoms with Crippen LogP contribution in [0.2, 0.25) is 0 Å². The van der Waals surface area contributed by atoms with Crippen molar-refractivity contribution in [2.75, 3.05) is 13.7 Å². The summed E-state index contributed by atoms with van der Waals surface area (Å²) in [5.41, 5.74) is 6.09. The first-order chi connectivity index (χ1) is 9.61. The standard InChI is InChI=1S/C18H21ClO/c1-13-4-5-14(2)17(12-13)18(19)16-8-6-15(7-9-16)10-11-20-3/h4-9,12,18H,10-11H2,1-3H3. The molecule has 0 radical (unpaired) electrons. The fourth-order valence-electron chi connectivity index (χ4n) is 2.29. The van der Waals surface area contributed by atoms with E-state index < -0.39 is 0 Å². The van der Waals surface area contributed by atoms with E-state index in [1.54, 1.807) is 7.11 Å². The smallest absolute Gasteiger partial charge is 0.0838 e. The lowest BCUT2D eigenvalue weighted by atomic mass is 9.97. The van der Waals surface area contributed by atoms with Crippen molar-refractivity contribution in [1.82, 2.24) is 0 Å². The van der Waals surface area contributed by atoms with E-state index in [0.717, 1.165) is 18.6 Å². The van der Waals surface area contributed by atoms with Crippen LogP contribution < -0.4 is 0 Å². The van der Waals surface area contributed by atoms with Gasteiger partial charge in [-0.05, 0) is 42.5 Å². The molecule has 0 saturated heterocycles. The molecule has 0 fully saturated rings. The fourth-order valence-corrected chi connectivity index (χ4v) is 2.67. The molecule has 0 N–H and O–H groups in total. The zero-order valence-electron chi connectivity index (χ0n) is 12.3. The molecule has 2 rings (SSSR count). The van der Waals surface area contributed by atoms with Crippen LogP contribution in [0.5, 0.6) is 0 Å². The van der Waals surface area contributed by atoms with Crippen molar-refractivity contribution < 1.29 is 4.74 Å². The average Bonchev–Trinajstić information content (AvgIpc) is 2.47. The molecule has 1 atom stereocenters. The predicted octanol–water partition coefficient (Wildman–Crippen LogP) is 4.82. The summed E-state index contributed by atoms with van der Waals surface area (Å²) in [6.07, 6.45) is 0.938. The van der Waals surface area contributed by atoms with E-state index in [9.17, 15) is 0 Å². The summed E-state index contributed by atoms with van der Waals surface area (Å²) in [6, 6.07) is 14.9. The van der Waals surface area contributed by atoms with Crippen molar-refractivity contribution >= 4 is 11.6 Å². The first-order valence-corrected chi connectivity index (χ1v) is 7.34. The molecule has 2 heteroatoms. The Morgan fingerprint density at radius 1 is 1.05 bits per heavy atom. The third-order valence-electron chi connectivity index (χ3n) is 3.58. The SMILES string of the molecule is COCCc1ccc(C(Cl)c2cc(C)ccc2C)cc1. The normalized spacial score (nSPS) is 12.4. The zero-order valence-corrected chi connectivity index (χ0v) is 13.1. The molecule has 0 aliphatic rings. The molecule has 0 amide bonds. The van der Waals surface area contributed by atoms with Crippen LogP contribution in [-0.4, -0.2) is 13.7 Å². The van der Waals surface area contributed by atoms with Gasteiger partial charge in [-0.25, -0.2) is 0 Å². The Bertz CT molecular complexity index is 560. The van der Waals surface area contributed by atoms with Crippen LogP contribution in [0, 0.1) is 13.8 Å². The lowest BCUT2D eigenvalue weighted by Gasteiger charge is -2.14. The highest BCUT2D eigenvalue weighted by molar-refractivity contribution is 6.22. The summed E-state index contributed by atoms with van der Waals surface area (Å²) in [7, 11) is 1.73. The van der Waals surface area contributed by atoms with Crippen molar-refractivity contribution in [1.29, 1.82) is 0 Å². The number of methoxy groups -OCH3 is 1. The summed E-state index contributed by atoms with van der Waals surface area (Å²) >= 11 is 6.64. The number of aryl methyl sites for hydroxylation is 2. The minimum Gasteiger partial charge on any atom is -0.384 e. The van der Waals surface area contributed by atoms with Gasteiger partial charge in [0.25, 0.3) is 0 Å². The first-order valence-electron chi connectivity index (χ1n) is 6.91. The molecule has 0 heterocycles. The van der Waals surface area contributed by atoms with E-state index >= 15 is 0 Å². The van der Waals surface area contributed by atoms with Crippen LogP contribution in [0.1, 0.15) is 33.2 Å². The molecule has 0 aliphatic carbocycles. The van der Waals surface area contributed by atoms with Gasteiger partial charge in [-0.1, -0.05) is 48.0 Å². The molecule has 1 unspecified atom stereocenters. The predicted molar refractivity (Wildman–Crippen MR) is 85.6 cm³/mol. The molecule has 20 heavy (non-hydrogen) atoms. The molecule has 2 aromatic rings. The van der Waals surface area contributed by atoms with Gasteiger partial charge in [0.1, 0.15) is 0 Å². The lowest BCUT2D eigenvalue weighted by Crippen LogP contribution is -1.99. The van der Waals surface area contributed by atoms with Gasteiger partial charge in [-0.2, -0.15) is 0 Å². The molecule has 0 aromatic heterocycles. The minimum absolute atomic E-state index is 0.0913. The second-order valence-corrected chi connectivity index (χ2v) is 5.64. The van der Waals surface area contributed by atoms with Crippen LogP contribution in [0.3, 0.4) is 0 Å². The second kappa shape index (κ2) is 6.92. The Morgan fingerprint density at radius 3 is 2.40 bits per heavy atom. The zero-order chi connectivity index (χ0) is 14.5. The van der Waals surface area contributed by atoms with Gasteiger partial charge in [0.15, 0.2) is 0 Å². The van der Waals surface area contributed by atoms with Gasteiger partial charge in [0.2, 0.25) is 0 Å². The maximum Gasteiger partial charge on any atom is 0.0838 e. The van der Waals surface area contributed by atoms with E-state index in [4.69, 9.17) is 16.3 Å². The number of rotatable bonds is 5. The average molecular weight is 289 g/mol. The molecule has 0 spiro atoms. The maximum atomic E-state index is 6.64. The number of benzene rings is 2. The number of hydrogen-bond donors (Lipinski definition) is 0. The Kier molecular flexibility index (Phi) is 5.22. The van der Waals surface area contributed by atoms with Crippen molar-refractivity contribution in [2.45, 2.75) is 25.6 Å². The highest BCUT2D eigenvalue weighted by atomic mass is 35.5. The van der Waals surface area contributed by atoms with Crippen molar-refractivity contribution in [3.63, 3.8) is 0 Å². The van der Waals surface area contributed by atoms with Crippen molar-refractivity contribution in [3.05, 3.63) is 70.3 Å². The van der Waals surface area contributed by atoms with Gasteiger partial charge in [0, 0.05) is 7.11 Å². The number of ether oxygens (including phenoxy) is 1. The Balaban J connectivity index is 2.20. The molecule has 0 saturated carbocycles. The maximum absolute atomic E-state index is 6.64. The van der Waals surface area contributed by atoms with Gasteiger partial charge in [-0.15, -0.1) is 11.6 Å². The lowest BCUT2D eigenvalue weighted by molar-refractivity contribution is 0.202. The van der Waals surface area contributed by atoms with E-state index in [2.05, 4.69) is 56.3 Å². The first kappa shape index (κ1) is 15.1. The number of halogens is 1. The van der Waals surface area contributed by atoms with Crippen LogP contribution in [0.25, 0.3) is 0 Å².